The number of pyridine rings is 1. The molecule has 0 saturated heterocycles. The van der Waals surface area contributed by atoms with Crippen molar-refractivity contribution in [2.75, 3.05) is 12.4 Å². The summed E-state index contributed by atoms with van der Waals surface area (Å²) in [5, 5.41) is 5.20. The van der Waals surface area contributed by atoms with Gasteiger partial charge in [0.2, 0.25) is 11.8 Å². The first-order chi connectivity index (χ1) is 15.5. The molecule has 8 nitrogen and oxygen atoms in total. The van der Waals surface area contributed by atoms with Gasteiger partial charge in [-0.2, -0.15) is 0 Å². The largest absolute Gasteiger partial charge is 0.497 e. The number of nitrogens with zero attached hydrogens (tertiary/aromatic N) is 2. The summed E-state index contributed by atoms with van der Waals surface area (Å²) in [6.45, 7) is 0. The number of hydrogen-bond donors (Lipinski definition) is 2. The molecule has 2 aromatic carbocycles. The Morgan fingerprint density at radius 2 is 1.84 bits per heavy atom. The van der Waals surface area contributed by atoms with E-state index in [9.17, 15) is 9.59 Å². The Kier molecular flexibility index (Phi) is 6.09. The molecule has 0 aliphatic rings. The van der Waals surface area contributed by atoms with E-state index in [1.54, 1.807) is 42.8 Å². The van der Waals surface area contributed by atoms with Crippen molar-refractivity contribution in [3.8, 4) is 28.0 Å². The van der Waals surface area contributed by atoms with Gasteiger partial charge >= 0.3 is 0 Å². The highest BCUT2D eigenvalue weighted by molar-refractivity contribution is 7.13. The maximum atomic E-state index is 12.5. The van der Waals surface area contributed by atoms with E-state index in [2.05, 4.69) is 15.3 Å². The number of primary amides is 1. The zero-order valence-electron chi connectivity index (χ0n) is 16.9. The van der Waals surface area contributed by atoms with Crippen molar-refractivity contribution >= 4 is 28.8 Å². The Balaban J connectivity index is 1.40. The van der Waals surface area contributed by atoms with E-state index in [0.29, 0.717) is 28.6 Å². The highest BCUT2D eigenvalue weighted by Gasteiger charge is 2.13. The van der Waals surface area contributed by atoms with Crippen LogP contribution >= 0.6 is 11.3 Å². The van der Waals surface area contributed by atoms with E-state index in [1.807, 2.05) is 24.3 Å². The number of methoxy groups -OCH3 is 1. The number of nitrogens with one attached hydrogen (secondary N) is 1. The van der Waals surface area contributed by atoms with E-state index in [1.165, 1.54) is 23.6 Å². The number of thiazole rings is 1. The molecule has 0 fully saturated rings. The Bertz CT molecular complexity index is 1250. The fourth-order valence-electron chi connectivity index (χ4n) is 2.79. The molecule has 0 radical (unpaired) electrons. The van der Waals surface area contributed by atoms with E-state index < -0.39 is 5.91 Å². The second-order valence-corrected chi connectivity index (χ2v) is 7.46. The first-order valence-electron chi connectivity index (χ1n) is 9.47. The quantitative estimate of drug-likeness (QED) is 0.436. The number of carbonyl (C=O) groups excluding carboxylic acids is 2. The molecule has 4 aromatic rings. The molecule has 0 bridgehead atoms. The van der Waals surface area contributed by atoms with Gasteiger partial charge < -0.3 is 20.5 Å². The van der Waals surface area contributed by atoms with Crippen LogP contribution in [0.15, 0.2) is 72.2 Å². The fraction of sp³-hybridized carbons (Fsp3) is 0.0435. The molecular weight excluding hydrogens is 428 g/mol. The fourth-order valence-corrected chi connectivity index (χ4v) is 3.59. The standard InChI is InChI=1S/C23H18N4O4S/c1-30-17-8-5-14(6-9-17)23-27-19(13-32-23)22(29)26-16-7-10-20(25-12-16)31-18-4-2-3-15(11-18)21(24)28/h2-13H,1H3,(H2,24,28)(H,26,29). The Morgan fingerprint density at radius 3 is 2.53 bits per heavy atom. The lowest BCUT2D eigenvalue weighted by molar-refractivity contribution is 0.0997. The van der Waals surface area contributed by atoms with Crippen LogP contribution in [0, 0.1) is 0 Å². The van der Waals surface area contributed by atoms with Crippen molar-refractivity contribution in [1.82, 2.24) is 9.97 Å². The van der Waals surface area contributed by atoms with Crippen LogP contribution in [-0.2, 0) is 0 Å². The number of hydrogen-bond acceptors (Lipinski definition) is 7. The molecule has 0 unspecified atom stereocenters. The SMILES string of the molecule is COc1ccc(-c2nc(C(=O)Nc3ccc(Oc4cccc(C(N)=O)c4)nc3)cs2)cc1. The molecule has 0 aliphatic carbocycles. The number of carbonyl (C=O) groups is 2. The third-order valence-corrected chi connectivity index (χ3v) is 5.30. The molecule has 9 heteroatoms. The molecule has 2 amide bonds. The maximum Gasteiger partial charge on any atom is 0.275 e. The number of rotatable bonds is 7. The van der Waals surface area contributed by atoms with Crippen LogP contribution in [0.3, 0.4) is 0 Å². The zero-order valence-corrected chi connectivity index (χ0v) is 17.8. The van der Waals surface area contributed by atoms with Gasteiger partial charge in [-0.15, -0.1) is 11.3 Å². The van der Waals surface area contributed by atoms with Gasteiger partial charge in [-0.05, 0) is 48.5 Å². The second kappa shape index (κ2) is 9.27. The predicted molar refractivity (Wildman–Crippen MR) is 121 cm³/mol. The number of nitrogens with two attached hydrogens (primary N) is 1. The number of ether oxygens (including phenoxy) is 2. The summed E-state index contributed by atoms with van der Waals surface area (Å²) in [4.78, 5) is 32.4. The Labute approximate surface area is 187 Å². The minimum absolute atomic E-state index is 0.306. The van der Waals surface area contributed by atoms with Gasteiger partial charge in [0.1, 0.15) is 22.2 Å². The molecule has 32 heavy (non-hydrogen) atoms. The molecule has 0 saturated carbocycles. The summed E-state index contributed by atoms with van der Waals surface area (Å²) >= 11 is 1.38. The molecule has 160 valence electrons. The van der Waals surface area contributed by atoms with E-state index in [-0.39, 0.29) is 5.91 Å². The van der Waals surface area contributed by atoms with Gasteiger partial charge in [0, 0.05) is 22.6 Å². The van der Waals surface area contributed by atoms with Gasteiger partial charge in [0.25, 0.3) is 5.91 Å². The lowest BCUT2D eigenvalue weighted by atomic mass is 10.2. The van der Waals surface area contributed by atoms with Crippen molar-refractivity contribution in [1.29, 1.82) is 0 Å². The molecule has 0 spiro atoms. The summed E-state index contributed by atoms with van der Waals surface area (Å²) in [7, 11) is 1.61. The van der Waals surface area contributed by atoms with Crippen LogP contribution < -0.4 is 20.5 Å². The average molecular weight is 446 g/mol. The van der Waals surface area contributed by atoms with Gasteiger partial charge in [-0.3, -0.25) is 9.59 Å². The summed E-state index contributed by atoms with van der Waals surface area (Å²) in [6.07, 6.45) is 1.47. The number of benzene rings is 2. The van der Waals surface area contributed by atoms with E-state index >= 15 is 0 Å². The van der Waals surface area contributed by atoms with Gasteiger partial charge in [-0.1, -0.05) is 6.07 Å². The molecule has 0 aliphatic heterocycles. The van der Waals surface area contributed by atoms with Crippen molar-refractivity contribution in [3.05, 3.63) is 83.5 Å². The van der Waals surface area contributed by atoms with Crippen molar-refractivity contribution in [2.24, 2.45) is 5.73 Å². The third-order valence-electron chi connectivity index (χ3n) is 4.41. The monoisotopic (exact) mass is 446 g/mol. The highest BCUT2D eigenvalue weighted by Crippen LogP contribution is 2.26. The summed E-state index contributed by atoms with van der Waals surface area (Å²) < 4.78 is 10.8. The van der Waals surface area contributed by atoms with Crippen LogP contribution in [0.4, 0.5) is 5.69 Å². The molecule has 0 atom stereocenters. The molecule has 2 heterocycles. The van der Waals surface area contributed by atoms with Gasteiger partial charge in [0.15, 0.2) is 0 Å². The molecule has 2 aromatic heterocycles. The predicted octanol–water partition coefficient (Wildman–Crippen LogP) is 4.36. The third kappa shape index (κ3) is 4.90. The van der Waals surface area contributed by atoms with Crippen LogP contribution in [0.1, 0.15) is 20.8 Å². The van der Waals surface area contributed by atoms with Crippen LogP contribution in [0.25, 0.3) is 10.6 Å². The number of aromatic nitrogens is 2. The van der Waals surface area contributed by atoms with Crippen LogP contribution in [-0.4, -0.2) is 28.9 Å². The van der Waals surface area contributed by atoms with Crippen molar-refractivity contribution in [3.63, 3.8) is 0 Å². The van der Waals surface area contributed by atoms with Gasteiger partial charge in [-0.25, -0.2) is 9.97 Å². The van der Waals surface area contributed by atoms with E-state index in [4.69, 9.17) is 15.2 Å². The smallest absolute Gasteiger partial charge is 0.275 e. The first kappa shape index (κ1) is 21.0. The lowest BCUT2D eigenvalue weighted by Gasteiger charge is -2.07. The number of anilines is 1. The molecule has 4 rings (SSSR count). The second-order valence-electron chi connectivity index (χ2n) is 6.60. The van der Waals surface area contributed by atoms with Crippen LogP contribution in [0.5, 0.6) is 17.4 Å². The Morgan fingerprint density at radius 1 is 1.03 bits per heavy atom. The molecular formula is C23H18N4O4S. The minimum atomic E-state index is -0.543. The normalized spacial score (nSPS) is 10.4. The maximum absolute atomic E-state index is 12.5. The lowest BCUT2D eigenvalue weighted by Crippen LogP contribution is -2.12. The van der Waals surface area contributed by atoms with Gasteiger partial charge in [0.05, 0.1) is 19.0 Å². The summed E-state index contributed by atoms with van der Waals surface area (Å²) in [5.41, 5.74) is 7.32. The van der Waals surface area contributed by atoms with E-state index in [0.717, 1.165) is 16.3 Å². The summed E-state index contributed by atoms with van der Waals surface area (Å²) in [5.74, 6) is 0.604. The van der Waals surface area contributed by atoms with Crippen molar-refractivity contribution < 1.29 is 19.1 Å². The Hall–Kier alpha value is -4.24. The minimum Gasteiger partial charge on any atom is -0.497 e. The number of amides is 2. The van der Waals surface area contributed by atoms with Crippen molar-refractivity contribution in [2.45, 2.75) is 0 Å². The highest BCUT2D eigenvalue weighted by atomic mass is 32.1. The van der Waals surface area contributed by atoms with Crippen LogP contribution in [0.2, 0.25) is 0 Å². The molecule has 3 N–H and O–H groups in total. The topological polar surface area (TPSA) is 116 Å². The summed E-state index contributed by atoms with van der Waals surface area (Å²) in [6, 6.07) is 17.2. The average Bonchev–Trinajstić information content (AvgIpc) is 3.31. The first-order valence-corrected chi connectivity index (χ1v) is 10.3. The zero-order chi connectivity index (χ0) is 22.5.